The zero-order valence-electron chi connectivity index (χ0n) is 15.8. The SMILES string of the molecule is COc1ccc(CN2CCN(Cc3cccnc3)CC2CCO)cc1C. The van der Waals surface area contributed by atoms with Crippen LogP contribution in [0.4, 0.5) is 0 Å². The van der Waals surface area contributed by atoms with E-state index in [9.17, 15) is 5.11 Å². The Labute approximate surface area is 156 Å². The molecule has 2 heterocycles. The molecule has 1 unspecified atom stereocenters. The van der Waals surface area contributed by atoms with Crippen LogP contribution in [-0.4, -0.2) is 59.3 Å². The molecule has 140 valence electrons. The third-order valence-corrected chi connectivity index (χ3v) is 5.13. The second-order valence-electron chi connectivity index (χ2n) is 7.04. The Morgan fingerprint density at radius 3 is 2.77 bits per heavy atom. The van der Waals surface area contributed by atoms with E-state index >= 15 is 0 Å². The summed E-state index contributed by atoms with van der Waals surface area (Å²) in [6.45, 7) is 7.16. The summed E-state index contributed by atoms with van der Waals surface area (Å²) in [5, 5.41) is 9.52. The lowest BCUT2D eigenvalue weighted by Gasteiger charge is -2.41. The van der Waals surface area contributed by atoms with E-state index in [-0.39, 0.29) is 6.61 Å². The van der Waals surface area contributed by atoms with Crippen LogP contribution in [0.3, 0.4) is 0 Å². The predicted octanol–water partition coefficient (Wildman–Crippen LogP) is 2.47. The minimum absolute atomic E-state index is 0.226. The van der Waals surface area contributed by atoms with Gasteiger partial charge < -0.3 is 9.84 Å². The summed E-state index contributed by atoms with van der Waals surface area (Å²) in [6.07, 6.45) is 4.55. The first-order valence-electron chi connectivity index (χ1n) is 9.29. The van der Waals surface area contributed by atoms with Gasteiger partial charge in [-0.05, 0) is 42.2 Å². The molecule has 26 heavy (non-hydrogen) atoms. The highest BCUT2D eigenvalue weighted by Crippen LogP contribution is 2.22. The number of aliphatic hydroxyl groups is 1. The number of nitrogens with zero attached hydrogens (tertiary/aromatic N) is 3. The normalized spacial score (nSPS) is 18.8. The van der Waals surface area contributed by atoms with Crippen molar-refractivity contribution in [3.63, 3.8) is 0 Å². The largest absolute Gasteiger partial charge is 0.496 e. The van der Waals surface area contributed by atoms with Crippen molar-refractivity contribution >= 4 is 0 Å². The third kappa shape index (κ3) is 4.81. The number of hydrogen-bond donors (Lipinski definition) is 1. The zero-order valence-corrected chi connectivity index (χ0v) is 15.8. The Kier molecular flexibility index (Phi) is 6.61. The maximum absolute atomic E-state index is 9.52. The van der Waals surface area contributed by atoms with Gasteiger partial charge in [0.25, 0.3) is 0 Å². The Morgan fingerprint density at radius 2 is 2.08 bits per heavy atom. The summed E-state index contributed by atoms with van der Waals surface area (Å²) < 4.78 is 5.36. The number of aliphatic hydroxyl groups excluding tert-OH is 1. The summed E-state index contributed by atoms with van der Waals surface area (Å²) in [5.41, 5.74) is 3.71. The standard InChI is InChI=1S/C21H29N3O2/c1-17-12-18(5-6-21(17)26-2)15-24-10-9-23(16-20(24)7-11-25)14-19-4-3-8-22-13-19/h3-6,8,12-13,20,25H,7,9-11,14-16H2,1-2H3. The molecule has 1 atom stereocenters. The van der Waals surface area contributed by atoms with E-state index in [1.165, 1.54) is 16.7 Å². The maximum Gasteiger partial charge on any atom is 0.121 e. The fourth-order valence-corrected chi connectivity index (χ4v) is 3.76. The van der Waals surface area contributed by atoms with E-state index in [0.717, 1.165) is 44.9 Å². The van der Waals surface area contributed by atoms with Crippen molar-refractivity contribution in [2.24, 2.45) is 0 Å². The van der Waals surface area contributed by atoms with Crippen LogP contribution in [0.2, 0.25) is 0 Å². The molecule has 0 spiro atoms. The number of aryl methyl sites for hydroxylation is 1. The molecule has 5 nitrogen and oxygen atoms in total. The van der Waals surface area contributed by atoms with Crippen molar-refractivity contribution in [1.82, 2.24) is 14.8 Å². The molecule has 1 saturated heterocycles. The van der Waals surface area contributed by atoms with E-state index in [2.05, 4.69) is 39.9 Å². The number of ether oxygens (including phenoxy) is 1. The highest BCUT2D eigenvalue weighted by Gasteiger charge is 2.26. The van der Waals surface area contributed by atoms with Gasteiger partial charge in [-0.15, -0.1) is 0 Å². The summed E-state index contributed by atoms with van der Waals surface area (Å²) in [6, 6.07) is 10.9. The van der Waals surface area contributed by atoms with Crippen molar-refractivity contribution in [2.45, 2.75) is 32.5 Å². The van der Waals surface area contributed by atoms with Gasteiger partial charge in [0.05, 0.1) is 7.11 Å². The van der Waals surface area contributed by atoms with Gasteiger partial charge in [-0.1, -0.05) is 18.2 Å². The van der Waals surface area contributed by atoms with Gasteiger partial charge in [0.15, 0.2) is 0 Å². The molecule has 1 aliphatic rings. The molecular formula is C21H29N3O2. The maximum atomic E-state index is 9.52. The average Bonchev–Trinajstić information content (AvgIpc) is 2.65. The first kappa shape index (κ1) is 18.8. The summed E-state index contributed by atoms with van der Waals surface area (Å²) in [7, 11) is 1.71. The topological polar surface area (TPSA) is 48.8 Å². The predicted molar refractivity (Wildman–Crippen MR) is 103 cm³/mol. The molecule has 1 fully saturated rings. The first-order chi connectivity index (χ1) is 12.7. The smallest absolute Gasteiger partial charge is 0.121 e. The Hall–Kier alpha value is -1.95. The van der Waals surface area contributed by atoms with E-state index in [1.54, 1.807) is 7.11 Å². The van der Waals surface area contributed by atoms with Crippen molar-refractivity contribution in [3.05, 3.63) is 59.4 Å². The molecule has 0 radical (unpaired) electrons. The van der Waals surface area contributed by atoms with Crippen LogP contribution in [0.1, 0.15) is 23.1 Å². The average molecular weight is 355 g/mol. The van der Waals surface area contributed by atoms with Crippen LogP contribution in [-0.2, 0) is 13.1 Å². The number of hydrogen-bond acceptors (Lipinski definition) is 5. The third-order valence-electron chi connectivity index (χ3n) is 5.13. The van der Waals surface area contributed by atoms with Gasteiger partial charge in [0.1, 0.15) is 5.75 Å². The number of pyridine rings is 1. The van der Waals surface area contributed by atoms with Gasteiger partial charge in [-0.3, -0.25) is 14.8 Å². The van der Waals surface area contributed by atoms with Gasteiger partial charge >= 0.3 is 0 Å². The number of aromatic nitrogens is 1. The van der Waals surface area contributed by atoms with E-state index in [1.807, 2.05) is 24.5 Å². The lowest BCUT2D eigenvalue weighted by Crippen LogP contribution is -2.52. The van der Waals surface area contributed by atoms with Gasteiger partial charge in [0.2, 0.25) is 0 Å². The fraction of sp³-hybridized carbons (Fsp3) is 0.476. The lowest BCUT2D eigenvalue weighted by molar-refractivity contribution is 0.0499. The molecule has 0 aliphatic carbocycles. The van der Waals surface area contributed by atoms with Crippen molar-refractivity contribution < 1.29 is 9.84 Å². The van der Waals surface area contributed by atoms with Crippen molar-refractivity contribution in [3.8, 4) is 5.75 Å². The number of piperazine rings is 1. The second-order valence-corrected chi connectivity index (χ2v) is 7.04. The van der Waals surface area contributed by atoms with Crippen LogP contribution in [0, 0.1) is 6.92 Å². The van der Waals surface area contributed by atoms with E-state index < -0.39 is 0 Å². The Morgan fingerprint density at radius 1 is 1.19 bits per heavy atom. The van der Waals surface area contributed by atoms with Gasteiger partial charge in [-0.25, -0.2) is 0 Å². The summed E-state index contributed by atoms with van der Waals surface area (Å²) in [5.74, 6) is 0.932. The second kappa shape index (κ2) is 9.12. The highest BCUT2D eigenvalue weighted by molar-refractivity contribution is 5.36. The molecule has 0 saturated carbocycles. The van der Waals surface area contributed by atoms with Crippen LogP contribution in [0.15, 0.2) is 42.7 Å². The molecule has 1 aromatic heterocycles. The fourth-order valence-electron chi connectivity index (χ4n) is 3.76. The van der Waals surface area contributed by atoms with Gasteiger partial charge in [-0.2, -0.15) is 0 Å². The number of methoxy groups -OCH3 is 1. The minimum atomic E-state index is 0.226. The summed E-state index contributed by atoms with van der Waals surface area (Å²) in [4.78, 5) is 9.17. The molecule has 1 aliphatic heterocycles. The molecule has 2 aromatic rings. The van der Waals surface area contributed by atoms with Crippen LogP contribution in [0.5, 0.6) is 5.75 Å². The molecule has 0 bridgehead atoms. The van der Waals surface area contributed by atoms with E-state index in [4.69, 9.17) is 4.74 Å². The minimum Gasteiger partial charge on any atom is -0.496 e. The number of rotatable bonds is 7. The molecule has 5 heteroatoms. The Balaban J connectivity index is 1.63. The van der Waals surface area contributed by atoms with E-state index in [0.29, 0.717) is 6.04 Å². The van der Waals surface area contributed by atoms with Crippen LogP contribution in [0.25, 0.3) is 0 Å². The molecule has 0 amide bonds. The Bertz CT molecular complexity index is 693. The van der Waals surface area contributed by atoms with Crippen molar-refractivity contribution in [2.75, 3.05) is 33.4 Å². The monoisotopic (exact) mass is 355 g/mol. The number of benzene rings is 1. The zero-order chi connectivity index (χ0) is 18.4. The molecule has 1 N–H and O–H groups in total. The highest BCUT2D eigenvalue weighted by atomic mass is 16.5. The first-order valence-corrected chi connectivity index (χ1v) is 9.29. The van der Waals surface area contributed by atoms with Gasteiger partial charge in [0, 0.05) is 57.8 Å². The van der Waals surface area contributed by atoms with Crippen LogP contribution < -0.4 is 4.74 Å². The quantitative estimate of drug-likeness (QED) is 0.827. The summed E-state index contributed by atoms with van der Waals surface area (Å²) >= 11 is 0. The van der Waals surface area contributed by atoms with Crippen LogP contribution >= 0.6 is 0 Å². The molecule has 1 aromatic carbocycles. The lowest BCUT2D eigenvalue weighted by atomic mass is 10.0. The molecule has 3 rings (SSSR count). The molecular weight excluding hydrogens is 326 g/mol. The van der Waals surface area contributed by atoms with Crippen molar-refractivity contribution in [1.29, 1.82) is 0 Å².